The molecule has 0 spiro atoms. The normalized spacial score (nSPS) is 24.5. The monoisotopic (exact) mass is 292 g/mol. The molecule has 5 heteroatoms. The van der Waals surface area contributed by atoms with Crippen LogP contribution in [0.1, 0.15) is 30.9 Å². The number of hydrogen-bond acceptors (Lipinski definition) is 3. The van der Waals surface area contributed by atoms with E-state index in [4.69, 9.17) is 10.5 Å². The Morgan fingerprint density at radius 3 is 2.67 bits per heavy atom. The van der Waals surface area contributed by atoms with E-state index >= 15 is 0 Å². The van der Waals surface area contributed by atoms with E-state index in [-0.39, 0.29) is 23.2 Å². The molecule has 1 aliphatic carbocycles. The molecule has 114 valence electrons. The second-order valence-electron chi connectivity index (χ2n) is 6.00. The molecule has 1 aromatic carbocycles. The van der Waals surface area contributed by atoms with Gasteiger partial charge in [0.25, 0.3) is 0 Å². The van der Waals surface area contributed by atoms with Crippen LogP contribution >= 0.6 is 0 Å². The number of benzene rings is 1. The van der Waals surface area contributed by atoms with E-state index in [1.54, 1.807) is 12.1 Å². The Bertz CT molecular complexity index is 508. The smallest absolute Gasteiger partial charge is 0.230 e. The highest BCUT2D eigenvalue weighted by atomic mass is 19.1. The minimum absolute atomic E-state index is 0.159. The zero-order valence-corrected chi connectivity index (χ0v) is 12.1. The van der Waals surface area contributed by atoms with Gasteiger partial charge >= 0.3 is 0 Å². The number of nitrogens with two attached hydrogens (primary N) is 1. The Morgan fingerprint density at radius 1 is 1.38 bits per heavy atom. The highest BCUT2D eigenvalue weighted by molar-refractivity contribution is 5.84. The molecule has 1 saturated carbocycles. The molecule has 2 aliphatic rings. The number of amides is 1. The van der Waals surface area contributed by atoms with Crippen LogP contribution in [0.4, 0.5) is 4.39 Å². The molecule has 2 fully saturated rings. The second kappa shape index (κ2) is 5.73. The van der Waals surface area contributed by atoms with Crippen LogP contribution in [0.15, 0.2) is 24.3 Å². The molecule has 1 atom stereocenters. The fourth-order valence-electron chi connectivity index (χ4n) is 3.16. The summed E-state index contributed by atoms with van der Waals surface area (Å²) in [6, 6.07) is 6.28. The first-order valence-corrected chi connectivity index (χ1v) is 7.51. The first-order chi connectivity index (χ1) is 10.1. The highest BCUT2D eigenvalue weighted by Gasteiger charge is 2.45. The number of hydrogen-bond donors (Lipinski definition) is 1. The van der Waals surface area contributed by atoms with Gasteiger partial charge in [0.2, 0.25) is 5.91 Å². The molecule has 4 nitrogen and oxygen atoms in total. The van der Waals surface area contributed by atoms with Gasteiger partial charge in [0.1, 0.15) is 11.9 Å². The predicted molar refractivity (Wildman–Crippen MR) is 77.0 cm³/mol. The van der Waals surface area contributed by atoms with E-state index in [9.17, 15) is 9.18 Å². The zero-order valence-electron chi connectivity index (χ0n) is 12.1. The Morgan fingerprint density at radius 2 is 2.10 bits per heavy atom. The molecule has 1 saturated heterocycles. The number of carbonyl (C=O) groups excluding carboxylic acids is 1. The lowest BCUT2D eigenvalue weighted by atomic mass is 9.67. The van der Waals surface area contributed by atoms with Gasteiger partial charge in [-0.15, -0.1) is 0 Å². The number of carbonyl (C=O) groups is 1. The lowest BCUT2D eigenvalue weighted by Crippen LogP contribution is -2.54. The van der Waals surface area contributed by atoms with Gasteiger partial charge in [0.15, 0.2) is 0 Å². The zero-order chi connectivity index (χ0) is 14.9. The van der Waals surface area contributed by atoms with Crippen molar-refractivity contribution in [2.45, 2.75) is 25.4 Å². The fourth-order valence-corrected chi connectivity index (χ4v) is 3.16. The summed E-state index contributed by atoms with van der Waals surface area (Å²) in [7, 11) is 0. The third-order valence-electron chi connectivity index (χ3n) is 4.75. The van der Waals surface area contributed by atoms with E-state index in [1.165, 1.54) is 12.1 Å². The highest BCUT2D eigenvalue weighted by Crippen LogP contribution is 2.42. The molecule has 1 aliphatic heterocycles. The molecule has 0 radical (unpaired) electrons. The lowest BCUT2D eigenvalue weighted by molar-refractivity contribution is -0.154. The van der Waals surface area contributed by atoms with Crippen molar-refractivity contribution in [3.63, 3.8) is 0 Å². The number of rotatable bonds is 3. The maximum absolute atomic E-state index is 13.0. The van der Waals surface area contributed by atoms with E-state index in [0.717, 1.165) is 24.8 Å². The van der Waals surface area contributed by atoms with Crippen LogP contribution in [0.3, 0.4) is 0 Å². The molecule has 1 unspecified atom stereocenters. The van der Waals surface area contributed by atoms with Crippen molar-refractivity contribution in [1.82, 2.24) is 4.90 Å². The summed E-state index contributed by atoms with van der Waals surface area (Å²) < 4.78 is 18.7. The van der Waals surface area contributed by atoms with Crippen molar-refractivity contribution in [2.75, 3.05) is 26.2 Å². The number of morpholine rings is 1. The molecule has 3 rings (SSSR count). The van der Waals surface area contributed by atoms with Gasteiger partial charge in [-0.25, -0.2) is 4.39 Å². The molecule has 0 bridgehead atoms. The van der Waals surface area contributed by atoms with Gasteiger partial charge < -0.3 is 15.4 Å². The quantitative estimate of drug-likeness (QED) is 0.925. The first kappa shape index (κ1) is 14.5. The van der Waals surface area contributed by atoms with Crippen LogP contribution in [-0.4, -0.2) is 37.0 Å². The van der Waals surface area contributed by atoms with Crippen LogP contribution in [0, 0.1) is 11.2 Å². The average Bonchev–Trinajstić information content (AvgIpc) is 2.47. The van der Waals surface area contributed by atoms with Crippen molar-refractivity contribution in [2.24, 2.45) is 11.1 Å². The summed E-state index contributed by atoms with van der Waals surface area (Å²) in [6.45, 7) is 2.06. The minimum Gasteiger partial charge on any atom is -0.370 e. The maximum Gasteiger partial charge on any atom is 0.230 e. The van der Waals surface area contributed by atoms with Gasteiger partial charge in [0, 0.05) is 13.1 Å². The SMILES string of the molecule is NCC1(C(=O)N2CCOC(c3ccc(F)cc3)C2)CCC1. The lowest BCUT2D eigenvalue weighted by Gasteiger charge is -2.44. The second-order valence-corrected chi connectivity index (χ2v) is 6.00. The van der Waals surface area contributed by atoms with Gasteiger partial charge in [-0.2, -0.15) is 0 Å². The molecular weight excluding hydrogens is 271 g/mol. The van der Waals surface area contributed by atoms with E-state index in [1.807, 2.05) is 4.90 Å². The van der Waals surface area contributed by atoms with Crippen molar-refractivity contribution in [1.29, 1.82) is 0 Å². The Labute approximate surface area is 124 Å². The maximum atomic E-state index is 13.0. The standard InChI is InChI=1S/C16H21FN2O2/c17-13-4-2-12(3-5-13)14-10-19(8-9-21-14)15(20)16(11-18)6-1-7-16/h2-5,14H,1,6-11,18H2. The van der Waals surface area contributed by atoms with Crippen molar-refractivity contribution >= 4 is 5.91 Å². The fraction of sp³-hybridized carbons (Fsp3) is 0.562. The first-order valence-electron chi connectivity index (χ1n) is 7.51. The summed E-state index contributed by atoms with van der Waals surface area (Å²) in [6.07, 6.45) is 2.68. The topological polar surface area (TPSA) is 55.6 Å². The Hall–Kier alpha value is -1.46. The summed E-state index contributed by atoms with van der Waals surface area (Å²) in [5, 5.41) is 0. The third-order valence-corrected chi connectivity index (χ3v) is 4.75. The van der Waals surface area contributed by atoms with E-state index in [0.29, 0.717) is 26.2 Å². The molecular formula is C16H21FN2O2. The van der Waals surface area contributed by atoms with Crippen molar-refractivity contribution in [3.8, 4) is 0 Å². The van der Waals surface area contributed by atoms with E-state index in [2.05, 4.69) is 0 Å². The Kier molecular flexibility index (Phi) is 3.95. The van der Waals surface area contributed by atoms with Crippen molar-refractivity contribution < 1.29 is 13.9 Å². The van der Waals surface area contributed by atoms with Crippen LogP contribution < -0.4 is 5.73 Å². The molecule has 2 N–H and O–H groups in total. The molecule has 0 aromatic heterocycles. The van der Waals surface area contributed by atoms with Crippen LogP contribution in [-0.2, 0) is 9.53 Å². The largest absolute Gasteiger partial charge is 0.370 e. The van der Waals surface area contributed by atoms with Gasteiger partial charge in [0.05, 0.1) is 18.6 Å². The Balaban J connectivity index is 1.71. The molecule has 1 heterocycles. The summed E-state index contributed by atoms with van der Waals surface area (Å²) in [5.41, 5.74) is 6.38. The number of halogens is 1. The van der Waals surface area contributed by atoms with E-state index < -0.39 is 0 Å². The summed E-state index contributed by atoms with van der Waals surface area (Å²) in [4.78, 5) is 14.6. The molecule has 1 aromatic rings. The van der Waals surface area contributed by atoms with Gasteiger partial charge in [-0.3, -0.25) is 4.79 Å². The molecule has 1 amide bonds. The van der Waals surface area contributed by atoms with Gasteiger partial charge in [-0.05, 0) is 30.5 Å². The third kappa shape index (κ3) is 2.68. The van der Waals surface area contributed by atoms with Gasteiger partial charge in [-0.1, -0.05) is 18.6 Å². The number of ether oxygens (including phenoxy) is 1. The number of nitrogens with zero attached hydrogens (tertiary/aromatic N) is 1. The van der Waals surface area contributed by atoms with Crippen LogP contribution in [0.25, 0.3) is 0 Å². The molecule has 21 heavy (non-hydrogen) atoms. The predicted octanol–water partition coefficient (Wildman–Crippen LogP) is 1.85. The van der Waals surface area contributed by atoms with Crippen LogP contribution in [0.2, 0.25) is 0 Å². The van der Waals surface area contributed by atoms with Crippen molar-refractivity contribution in [3.05, 3.63) is 35.6 Å². The average molecular weight is 292 g/mol. The minimum atomic E-state index is -0.343. The summed E-state index contributed by atoms with van der Waals surface area (Å²) in [5.74, 6) is -0.106. The van der Waals surface area contributed by atoms with Crippen LogP contribution in [0.5, 0.6) is 0 Å². The summed E-state index contributed by atoms with van der Waals surface area (Å²) >= 11 is 0.